The summed E-state index contributed by atoms with van der Waals surface area (Å²) in [6.45, 7) is 12.7. The van der Waals surface area contributed by atoms with Crippen LogP contribution in [0.1, 0.15) is 143 Å². The van der Waals surface area contributed by atoms with E-state index in [0.29, 0.717) is 55.0 Å². The molecule has 3 aliphatic carbocycles. The van der Waals surface area contributed by atoms with Gasteiger partial charge < -0.3 is 30.7 Å². The highest BCUT2D eigenvalue weighted by Gasteiger charge is 2.24. The van der Waals surface area contributed by atoms with Crippen molar-refractivity contribution in [3.8, 4) is 11.5 Å². The van der Waals surface area contributed by atoms with Gasteiger partial charge in [-0.3, -0.25) is 29.8 Å². The van der Waals surface area contributed by atoms with E-state index in [1.807, 2.05) is 53.7 Å². The number of Topliss-reactive ketones (excluding diaryl/α,β-unsaturated/α-hetero) is 1. The summed E-state index contributed by atoms with van der Waals surface area (Å²) in [5, 5.41) is 29.4. The number of carbonyl (C=O) groups is 3. The molecule has 476 valence electrons. The second-order valence-electron chi connectivity index (χ2n) is 21.1. The summed E-state index contributed by atoms with van der Waals surface area (Å²) >= 11 is 8.37. The van der Waals surface area contributed by atoms with Crippen molar-refractivity contribution in [3.05, 3.63) is 220 Å². The fourth-order valence-corrected chi connectivity index (χ4v) is 11.9. The number of nitrogens with two attached hydrogens (primary N) is 2. The van der Waals surface area contributed by atoms with Crippen molar-refractivity contribution in [1.82, 2.24) is 9.80 Å². The molecule has 0 bridgehead atoms. The first-order chi connectivity index (χ1) is 42.5. The maximum atomic E-state index is 12.5. The van der Waals surface area contributed by atoms with E-state index in [1.165, 1.54) is 93.0 Å². The molecule has 3 aliphatic rings. The van der Waals surface area contributed by atoms with Crippen LogP contribution in [-0.4, -0.2) is 77.6 Å². The van der Waals surface area contributed by atoms with Crippen molar-refractivity contribution in [1.29, 1.82) is 0 Å². The smallest absolute Gasteiger partial charge is 0.409 e. The fourth-order valence-electron chi connectivity index (χ4n) is 10.4. The number of esters is 1. The first-order valence-corrected chi connectivity index (χ1v) is 32.8. The van der Waals surface area contributed by atoms with Crippen molar-refractivity contribution in [3.63, 3.8) is 0 Å². The third kappa shape index (κ3) is 26.8. The molecule has 5 unspecified atom stereocenters. The Labute approximate surface area is 535 Å². The number of hydrogen-bond donors (Lipinski definition) is 2. The van der Waals surface area contributed by atoms with Crippen molar-refractivity contribution in [2.75, 3.05) is 34.7 Å². The summed E-state index contributed by atoms with van der Waals surface area (Å²) in [4.78, 5) is 58.9. The monoisotopic (exact) mass is 1260 g/mol. The average molecular weight is 1260 g/mol. The Morgan fingerprint density at radius 2 is 0.943 bits per heavy atom. The first-order valence-electron chi connectivity index (χ1n) is 30.6. The van der Waals surface area contributed by atoms with E-state index >= 15 is 0 Å². The highest BCUT2D eigenvalue weighted by molar-refractivity contribution is 7.08. The lowest BCUT2D eigenvalue weighted by molar-refractivity contribution is -0.385. The number of hydrogen-bond acceptors (Lipinski definition) is 15. The van der Waals surface area contributed by atoms with Gasteiger partial charge in [0.15, 0.2) is 0 Å². The standard InChI is InChI=1S/C21H27NOS.C18H17NO4.C10H13N.C8H14N2S.C7H4ClNO4.3C2H6/c1-22(2)21(19-11-12-24-15-19)10-9-20(23)14-16-7-8-17-5-3-4-6-18(17)13-16;20-18(23-17-9-7-16(8-10-17)19(21)22)12-13-5-6-14-3-1-2-4-15(14)11-13;11-10-6-5-8-3-1-2-4-9(8)7-10;1-10(2)8(5-9)7-3-4-11-6-7;8-7(10)13-6-3-1-5(2-4-6)9(11)12;3*1-2/h3-6,11-12,15-16,21H,7-10,13-14H2,1-2H3;1-4,7-10,13H,5-6,11-12H2;1-4,10H,5-7,11H2;3-4,6,8H,5,9H2,1-2H3;1-4H;3*1-2H3. The normalized spacial score (nSPS) is 15.5. The van der Waals surface area contributed by atoms with E-state index in [2.05, 4.69) is 137 Å². The Hall–Kier alpha value is -6.96. The Balaban J connectivity index is 0.000000292. The molecule has 0 spiro atoms. The molecule has 88 heavy (non-hydrogen) atoms. The van der Waals surface area contributed by atoms with Crippen molar-refractivity contribution in [2.24, 2.45) is 23.3 Å². The molecule has 0 saturated heterocycles. The van der Waals surface area contributed by atoms with E-state index in [0.717, 1.165) is 70.6 Å². The van der Waals surface area contributed by atoms with Crippen LogP contribution in [0.4, 0.5) is 16.2 Å². The lowest BCUT2D eigenvalue weighted by Crippen LogP contribution is -2.27. The van der Waals surface area contributed by atoms with Crippen LogP contribution in [0, 0.1) is 32.1 Å². The zero-order valence-electron chi connectivity index (χ0n) is 53.1. The number of ether oxygens (including phenoxy) is 2. The zero-order valence-corrected chi connectivity index (χ0v) is 55.5. The number of nitrogens with zero attached hydrogens (tertiary/aromatic N) is 4. The van der Waals surface area contributed by atoms with Gasteiger partial charge in [-0.25, -0.2) is 4.79 Å². The number of ketones is 1. The Morgan fingerprint density at radius 3 is 1.33 bits per heavy atom. The predicted molar refractivity (Wildman–Crippen MR) is 362 cm³/mol. The van der Waals surface area contributed by atoms with Crippen LogP contribution >= 0.6 is 34.3 Å². The second-order valence-corrected chi connectivity index (χ2v) is 23.0. The minimum Gasteiger partial charge on any atom is -0.427 e. The maximum Gasteiger partial charge on any atom is 0.409 e. The molecule has 0 aliphatic heterocycles. The molecule has 15 nitrogen and oxygen atoms in total. The third-order valence-electron chi connectivity index (χ3n) is 14.8. The number of rotatable bonds is 16. The highest BCUT2D eigenvalue weighted by atomic mass is 35.5. The summed E-state index contributed by atoms with van der Waals surface area (Å²) in [7, 11) is 8.31. The number of benzene rings is 5. The Kier molecular flexibility index (Phi) is 36.0. The molecule has 5 aromatic carbocycles. The van der Waals surface area contributed by atoms with Gasteiger partial charge in [-0.1, -0.05) is 114 Å². The van der Waals surface area contributed by atoms with Gasteiger partial charge in [0.05, 0.1) is 9.85 Å². The summed E-state index contributed by atoms with van der Waals surface area (Å²) in [5.41, 5.74) is 21.6. The Bertz CT molecular complexity index is 3110. The number of carbonyl (C=O) groups excluding carboxylic acids is 3. The minimum absolute atomic E-state index is 0.0197. The van der Waals surface area contributed by atoms with Gasteiger partial charge in [-0.15, -0.1) is 0 Å². The van der Waals surface area contributed by atoms with Crippen LogP contribution < -0.4 is 20.9 Å². The number of thiophene rings is 2. The van der Waals surface area contributed by atoms with Crippen molar-refractivity contribution < 1.29 is 33.7 Å². The van der Waals surface area contributed by atoms with Gasteiger partial charge in [0.2, 0.25) is 0 Å². The number of halogens is 1. The second kappa shape index (κ2) is 42.1. The molecule has 2 aromatic heterocycles. The lowest BCUT2D eigenvalue weighted by Gasteiger charge is -2.25. The molecule has 7 aromatic rings. The molecular formula is C70H93ClN6O9S2. The van der Waals surface area contributed by atoms with Gasteiger partial charge in [0.1, 0.15) is 17.3 Å². The van der Waals surface area contributed by atoms with Gasteiger partial charge in [-0.2, -0.15) is 22.7 Å². The van der Waals surface area contributed by atoms with Crippen LogP contribution in [0.15, 0.2) is 155 Å². The van der Waals surface area contributed by atoms with Crippen LogP contribution in [0.3, 0.4) is 0 Å². The molecule has 4 N–H and O–H groups in total. The molecule has 18 heteroatoms. The van der Waals surface area contributed by atoms with Crippen molar-refractivity contribution in [2.45, 2.75) is 143 Å². The summed E-state index contributed by atoms with van der Waals surface area (Å²) in [6.07, 6.45) is 12.3. The van der Waals surface area contributed by atoms with E-state index in [1.54, 1.807) is 22.7 Å². The highest BCUT2D eigenvalue weighted by Crippen LogP contribution is 2.32. The maximum absolute atomic E-state index is 12.5. The van der Waals surface area contributed by atoms with Gasteiger partial charge in [0, 0.05) is 79.8 Å². The molecule has 10 rings (SSSR count). The first kappa shape index (κ1) is 75.3. The molecular weight excluding hydrogens is 1170 g/mol. The van der Waals surface area contributed by atoms with Crippen LogP contribution in [-0.2, 0) is 48.1 Å². The summed E-state index contributed by atoms with van der Waals surface area (Å²) < 4.78 is 9.73. The molecule has 5 atom stereocenters. The predicted octanol–water partition coefficient (Wildman–Crippen LogP) is 16.8. The summed E-state index contributed by atoms with van der Waals surface area (Å²) in [6, 6.07) is 41.6. The SMILES string of the molecule is CC.CC.CC.CN(C)C(CCC(=O)CC1CCc2ccccc2C1)c1ccsc1.CN(C)C(CN)c1ccsc1.NC1CCc2ccccc2C1.O=C(CC1CCc2ccccc2C1)Oc1ccc([N+](=O)[O-])cc1.O=C(Cl)Oc1ccc([N+](=O)[O-])cc1. The molecule has 0 amide bonds. The van der Waals surface area contributed by atoms with Crippen molar-refractivity contribution >= 4 is 62.8 Å². The number of aryl methyl sites for hydroxylation is 3. The zero-order chi connectivity index (χ0) is 65.0. The van der Waals surface area contributed by atoms with E-state index in [-0.39, 0.29) is 29.0 Å². The van der Waals surface area contributed by atoms with Crippen LogP contribution in [0.25, 0.3) is 0 Å². The number of likely N-dealkylation sites (N-methyl/N-ethyl adjacent to an activating group) is 1. The quantitative estimate of drug-likeness (QED) is 0.0303. The minimum atomic E-state index is -0.978. The van der Waals surface area contributed by atoms with E-state index < -0.39 is 15.3 Å². The van der Waals surface area contributed by atoms with Gasteiger partial charge in [-0.05, 0) is 207 Å². The summed E-state index contributed by atoms with van der Waals surface area (Å²) in [5.74, 6) is 1.48. The topological polar surface area (TPSA) is 214 Å². The fraction of sp³-hybridized carbons (Fsp3) is 0.414. The molecule has 0 saturated carbocycles. The van der Waals surface area contributed by atoms with E-state index in [4.69, 9.17) is 27.8 Å². The van der Waals surface area contributed by atoms with Gasteiger partial charge >= 0.3 is 11.4 Å². The lowest BCUT2D eigenvalue weighted by atomic mass is 9.81. The third-order valence-corrected chi connectivity index (χ3v) is 16.3. The number of nitro groups is 2. The molecule has 2 heterocycles. The molecule has 0 radical (unpaired) electrons. The van der Waals surface area contributed by atoms with Crippen LogP contribution in [0.2, 0.25) is 0 Å². The van der Waals surface area contributed by atoms with Crippen LogP contribution in [0.5, 0.6) is 11.5 Å². The number of nitro benzene ring substituents is 2. The van der Waals surface area contributed by atoms with Gasteiger partial charge in [0.25, 0.3) is 11.4 Å². The number of fused-ring (bicyclic) bond motifs is 3. The van der Waals surface area contributed by atoms with E-state index in [9.17, 15) is 34.6 Å². The largest absolute Gasteiger partial charge is 0.427 e. The Morgan fingerprint density at radius 1 is 0.557 bits per heavy atom. The number of non-ortho nitro benzene ring substituents is 2. The molecule has 0 fully saturated rings. The average Bonchev–Trinajstić information content (AvgIpc) is 3.20.